The summed E-state index contributed by atoms with van der Waals surface area (Å²) >= 11 is 0. The number of hydrogen-bond acceptors (Lipinski definition) is 5. The number of ether oxygens (including phenoxy) is 1. The summed E-state index contributed by atoms with van der Waals surface area (Å²) in [6.07, 6.45) is 0.0150. The predicted molar refractivity (Wildman–Crippen MR) is 95.1 cm³/mol. The molecule has 1 heterocycles. The highest BCUT2D eigenvalue weighted by molar-refractivity contribution is 6.03. The summed E-state index contributed by atoms with van der Waals surface area (Å²) in [4.78, 5) is 36.1. The van der Waals surface area contributed by atoms with E-state index in [4.69, 9.17) is 4.74 Å². The summed E-state index contributed by atoms with van der Waals surface area (Å²) in [7, 11) is 1.54. The van der Waals surface area contributed by atoms with Crippen molar-refractivity contribution in [3.63, 3.8) is 0 Å². The smallest absolute Gasteiger partial charge is 0.306 e. The van der Waals surface area contributed by atoms with Crippen LogP contribution in [-0.2, 0) is 9.59 Å². The molecule has 27 heavy (non-hydrogen) atoms. The number of nitro groups is 1. The van der Waals surface area contributed by atoms with Crippen molar-refractivity contribution in [2.45, 2.75) is 6.42 Å². The highest BCUT2D eigenvalue weighted by Gasteiger charge is 2.35. The molecule has 0 unspecified atom stereocenters. The fourth-order valence-corrected chi connectivity index (χ4v) is 2.87. The molecule has 1 fully saturated rings. The number of hydrogen-bond donors (Lipinski definition) is 1. The molecule has 0 aliphatic carbocycles. The second-order valence-electron chi connectivity index (χ2n) is 6.02. The minimum absolute atomic E-state index is 0.0150. The van der Waals surface area contributed by atoms with Crippen LogP contribution in [0.3, 0.4) is 0 Å². The van der Waals surface area contributed by atoms with Crippen LogP contribution >= 0.6 is 0 Å². The second kappa shape index (κ2) is 7.40. The van der Waals surface area contributed by atoms with Crippen molar-refractivity contribution in [1.29, 1.82) is 0 Å². The lowest BCUT2D eigenvalue weighted by atomic mass is 10.1. The minimum Gasteiger partial charge on any atom is -0.497 e. The molecule has 1 N–H and O–H groups in total. The molecule has 1 aliphatic heterocycles. The standard InChI is InChI=1S/C18H16FN3O5/c1-27-14-5-3-13(4-6-14)21-10-11(8-17(21)23)18(24)20-12-2-7-15(19)16(9-12)22(25)26/h2-7,9,11H,8,10H2,1H3,(H,20,24)/t11-/m0/s1. The first-order valence-electron chi connectivity index (χ1n) is 8.08. The number of rotatable bonds is 5. The highest BCUT2D eigenvalue weighted by Crippen LogP contribution is 2.28. The Morgan fingerprint density at radius 1 is 1.30 bits per heavy atom. The maximum absolute atomic E-state index is 13.4. The summed E-state index contributed by atoms with van der Waals surface area (Å²) in [5.74, 6) is -1.62. The number of benzene rings is 2. The molecule has 0 saturated carbocycles. The number of nitrogens with one attached hydrogen (secondary N) is 1. The Morgan fingerprint density at radius 2 is 2.00 bits per heavy atom. The van der Waals surface area contributed by atoms with Gasteiger partial charge in [-0.15, -0.1) is 0 Å². The van der Waals surface area contributed by atoms with E-state index < -0.39 is 28.3 Å². The number of anilines is 2. The summed E-state index contributed by atoms with van der Waals surface area (Å²) in [6.45, 7) is 0.181. The molecule has 0 radical (unpaired) electrons. The van der Waals surface area contributed by atoms with E-state index in [2.05, 4.69) is 5.32 Å². The third kappa shape index (κ3) is 3.86. The SMILES string of the molecule is COc1ccc(N2C[C@@H](C(=O)Nc3ccc(F)c([N+](=O)[O-])c3)CC2=O)cc1. The average Bonchev–Trinajstić information content (AvgIpc) is 3.05. The Kier molecular flexibility index (Phi) is 5.02. The molecular weight excluding hydrogens is 357 g/mol. The van der Waals surface area contributed by atoms with Crippen LogP contribution in [0, 0.1) is 21.8 Å². The van der Waals surface area contributed by atoms with Crippen molar-refractivity contribution >= 4 is 28.9 Å². The largest absolute Gasteiger partial charge is 0.497 e. The zero-order valence-electron chi connectivity index (χ0n) is 14.3. The normalized spacial score (nSPS) is 16.3. The molecule has 140 valence electrons. The van der Waals surface area contributed by atoms with Gasteiger partial charge in [0.2, 0.25) is 17.6 Å². The van der Waals surface area contributed by atoms with Crippen molar-refractivity contribution in [3.8, 4) is 5.75 Å². The Morgan fingerprint density at radius 3 is 2.63 bits per heavy atom. The van der Waals surface area contributed by atoms with Gasteiger partial charge in [-0.2, -0.15) is 4.39 Å². The van der Waals surface area contributed by atoms with Gasteiger partial charge in [-0.25, -0.2) is 0 Å². The van der Waals surface area contributed by atoms with E-state index in [1.807, 2.05) is 0 Å². The molecule has 0 spiro atoms. The molecule has 1 aliphatic rings. The molecule has 1 saturated heterocycles. The zero-order chi connectivity index (χ0) is 19.6. The first kappa shape index (κ1) is 18.3. The van der Waals surface area contributed by atoms with E-state index in [9.17, 15) is 24.1 Å². The molecular formula is C18H16FN3O5. The van der Waals surface area contributed by atoms with E-state index in [1.54, 1.807) is 24.3 Å². The van der Waals surface area contributed by atoms with Gasteiger partial charge in [-0.3, -0.25) is 19.7 Å². The number of halogens is 1. The van der Waals surface area contributed by atoms with E-state index in [0.717, 1.165) is 12.1 Å². The van der Waals surface area contributed by atoms with E-state index in [-0.39, 0.29) is 24.6 Å². The Hall–Kier alpha value is -3.49. The maximum Gasteiger partial charge on any atom is 0.306 e. The van der Waals surface area contributed by atoms with E-state index in [1.165, 1.54) is 18.1 Å². The Balaban J connectivity index is 1.70. The molecule has 0 bridgehead atoms. The van der Waals surface area contributed by atoms with Crippen LogP contribution in [0.15, 0.2) is 42.5 Å². The number of amides is 2. The van der Waals surface area contributed by atoms with E-state index >= 15 is 0 Å². The molecule has 2 aromatic carbocycles. The summed E-state index contributed by atoms with van der Waals surface area (Å²) in [5.41, 5.74) is 0.0205. The van der Waals surface area contributed by atoms with Crippen LogP contribution in [0.1, 0.15) is 6.42 Å². The topological polar surface area (TPSA) is 102 Å². The van der Waals surface area contributed by atoms with Gasteiger partial charge in [0.15, 0.2) is 0 Å². The van der Waals surface area contributed by atoms with Gasteiger partial charge in [0, 0.05) is 30.4 Å². The Bertz CT molecular complexity index is 900. The maximum atomic E-state index is 13.4. The fraction of sp³-hybridized carbons (Fsp3) is 0.222. The molecule has 9 heteroatoms. The van der Waals surface area contributed by atoms with Crippen LogP contribution in [0.2, 0.25) is 0 Å². The van der Waals surface area contributed by atoms with Crippen LogP contribution in [0.5, 0.6) is 5.75 Å². The summed E-state index contributed by atoms with van der Waals surface area (Å²) in [6, 6.07) is 9.97. The average molecular weight is 373 g/mol. The quantitative estimate of drug-likeness (QED) is 0.641. The second-order valence-corrected chi connectivity index (χ2v) is 6.02. The van der Waals surface area contributed by atoms with Crippen LogP contribution in [0.25, 0.3) is 0 Å². The van der Waals surface area contributed by atoms with Crippen LogP contribution < -0.4 is 15.0 Å². The number of nitro benzene ring substituents is 1. The lowest BCUT2D eigenvalue weighted by molar-refractivity contribution is -0.387. The number of methoxy groups -OCH3 is 1. The molecule has 0 aromatic heterocycles. The van der Waals surface area contributed by atoms with Crippen molar-refractivity contribution in [1.82, 2.24) is 0 Å². The van der Waals surface area contributed by atoms with Crippen molar-refractivity contribution in [2.24, 2.45) is 5.92 Å². The molecule has 2 amide bonds. The fourth-order valence-electron chi connectivity index (χ4n) is 2.87. The van der Waals surface area contributed by atoms with Gasteiger partial charge in [-0.05, 0) is 36.4 Å². The van der Waals surface area contributed by atoms with Gasteiger partial charge in [0.1, 0.15) is 5.75 Å². The first-order chi connectivity index (χ1) is 12.9. The van der Waals surface area contributed by atoms with Crippen LogP contribution in [-0.4, -0.2) is 30.4 Å². The molecule has 8 nitrogen and oxygen atoms in total. The lowest BCUT2D eigenvalue weighted by Crippen LogP contribution is -2.28. The highest BCUT2D eigenvalue weighted by atomic mass is 19.1. The Labute approximate surface area is 153 Å². The van der Waals surface area contributed by atoms with Gasteiger partial charge in [-0.1, -0.05) is 0 Å². The van der Waals surface area contributed by atoms with Gasteiger partial charge in [0.25, 0.3) is 0 Å². The molecule has 3 rings (SSSR count). The van der Waals surface area contributed by atoms with Crippen LogP contribution in [0.4, 0.5) is 21.5 Å². The van der Waals surface area contributed by atoms with Crippen molar-refractivity contribution in [2.75, 3.05) is 23.9 Å². The van der Waals surface area contributed by atoms with Gasteiger partial charge in [0.05, 0.1) is 18.0 Å². The number of carbonyl (C=O) groups excluding carboxylic acids is 2. The van der Waals surface area contributed by atoms with Crippen molar-refractivity contribution < 1.29 is 23.6 Å². The zero-order valence-corrected chi connectivity index (χ0v) is 14.3. The lowest BCUT2D eigenvalue weighted by Gasteiger charge is -2.17. The number of nitrogens with zero attached hydrogens (tertiary/aromatic N) is 2. The minimum atomic E-state index is -0.986. The van der Waals surface area contributed by atoms with Gasteiger partial charge < -0.3 is 15.0 Å². The molecule has 2 aromatic rings. The monoisotopic (exact) mass is 373 g/mol. The number of carbonyl (C=O) groups is 2. The summed E-state index contributed by atoms with van der Waals surface area (Å²) in [5, 5.41) is 13.3. The molecule has 1 atom stereocenters. The van der Waals surface area contributed by atoms with E-state index in [0.29, 0.717) is 11.4 Å². The third-order valence-electron chi connectivity index (χ3n) is 4.29. The predicted octanol–water partition coefficient (Wildman–Crippen LogP) is 2.73. The van der Waals surface area contributed by atoms with Crippen molar-refractivity contribution in [3.05, 3.63) is 58.4 Å². The summed E-state index contributed by atoms with van der Waals surface area (Å²) < 4.78 is 18.5. The van der Waals surface area contributed by atoms with Gasteiger partial charge >= 0.3 is 5.69 Å². The third-order valence-corrected chi connectivity index (χ3v) is 4.29. The first-order valence-corrected chi connectivity index (χ1v) is 8.08.